The number of aryl methyl sites for hydroxylation is 1. The third-order valence-corrected chi connectivity index (χ3v) is 2.25. The largest absolute Gasteiger partial charge is 0.427 e. The van der Waals surface area contributed by atoms with Crippen LogP contribution in [0.15, 0.2) is 24.8 Å². The van der Waals surface area contributed by atoms with Crippen molar-refractivity contribution < 1.29 is 9.53 Å². The lowest BCUT2D eigenvalue weighted by Crippen LogP contribution is -2.02. The van der Waals surface area contributed by atoms with Crippen LogP contribution in [0.2, 0.25) is 0 Å². The van der Waals surface area contributed by atoms with E-state index in [9.17, 15) is 4.79 Å². The standard InChI is InChI=1S/C14H17O2/c1-4-6-7-13-8-12(5-2)9-14(10-13)16-11(3)15/h8-10H,2,4,6-7H2,1,3H3. The second-order valence-electron chi connectivity index (χ2n) is 3.74. The summed E-state index contributed by atoms with van der Waals surface area (Å²) in [6, 6.07) is 5.69. The molecule has 16 heavy (non-hydrogen) atoms. The monoisotopic (exact) mass is 217 g/mol. The van der Waals surface area contributed by atoms with Crippen LogP contribution in [0.1, 0.15) is 37.8 Å². The predicted molar refractivity (Wildman–Crippen MR) is 64.3 cm³/mol. The van der Waals surface area contributed by atoms with Crippen molar-refractivity contribution in [1.82, 2.24) is 0 Å². The summed E-state index contributed by atoms with van der Waals surface area (Å²) in [5.41, 5.74) is 2.02. The van der Waals surface area contributed by atoms with Gasteiger partial charge in [-0.1, -0.05) is 26.0 Å². The highest BCUT2D eigenvalue weighted by molar-refractivity contribution is 5.69. The zero-order valence-electron chi connectivity index (χ0n) is 9.88. The van der Waals surface area contributed by atoms with Crippen molar-refractivity contribution in [2.45, 2.75) is 33.1 Å². The zero-order chi connectivity index (χ0) is 12.0. The van der Waals surface area contributed by atoms with Gasteiger partial charge in [-0.05, 0) is 42.2 Å². The van der Waals surface area contributed by atoms with Crippen LogP contribution in [0.5, 0.6) is 5.75 Å². The van der Waals surface area contributed by atoms with Crippen LogP contribution in [-0.4, -0.2) is 5.97 Å². The Kier molecular flexibility index (Phi) is 4.77. The van der Waals surface area contributed by atoms with Crippen molar-refractivity contribution in [3.05, 3.63) is 42.0 Å². The van der Waals surface area contributed by atoms with Gasteiger partial charge in [-0.15, -0.1) is 0 Å². The Labute approximate surface area is 96.9 Å². The van der Waals surface area contributed by atoms with Gasteiger partial charge in [-0.3, -0.25) is 4.79 Å². The Balaban J connectivity index is 2.91. The number of carbonyl (C=O) groups is 1. The fourth-order valence-electron chi connectivity index (χ4n) is 1.51. The number of hydrogen-bond acceptors (Lipinski definition) is 2. The normalized spacial score (nSPS) is 9.88. The van der Waals surface area contributed by atoms with E-state index >= 15 is 0 Å². The number of rotatable bonds is 5. The smallest absolute Gasteiger partial charge is 0.308 e. The van der Waals surface area contributed by atoms with Crippen molar-refractivity contribution >= 4 is 5.97 Å². The molecule has 0 unspecified atom stereocenters. The third-order valence-electron chi connectivity index (χ3n) is 2.25. The highest BCUT2D eigenvalue weighted by atomic mass is 16.5. The first-order valence-electron chi connectivity index (χ1n) is 5.51. The van der Waals surface area contributed by atoms with E-state index in [-0.39, 0.29) is 5.97 Å². The molecular weight excluding hydrogens is 200 g/mol. The second-order valence-corrected chi connectivity index (χ2v) is 3.74. The number of unbranched alkanes of at least 4 members (excludes halogenated alkanes) is 1. The molecule has 0 saturated carbocycles. The molecule has 0 aliphatic heterocycles. The van der Waals surface area contributed by atoms with Gasteiger partial charge < -0.3 is 4.74 Å². The Morgan fingerprint density at radius 3 is 2.75 bits per heavy atom. The molecule has 1 aromatic rings. The van der Waals surface area contributed by atoms with Gasteiger partial charge in [0, 0.05) is 6.92 Å². The van der Waals surface area contributed by atoms with Crippen LogP contribution in [-0.2, 0) is 11.2 Å². The first-order chi connectivity index (χ1) is 7.65. The van der Waals surface area contributed by atoms with Crippen LogP contribution >= 0.6 is 0 Å². The molecule has 0 spiro atoms. The molecule has 0 bridgehead atoms. The maximum Gasteiger partial charge on any atom is 0.308 e. The summed E-state index contributed by atoms with van der Waals surface area (Å²) >= 11 is 0. The molecule has 0 amide bonds. The minimum atomic E-state index is -0.303. The number of ether oxygens (including phenoxy) is 1. The molecule has 2 nitrogen and oxygen atoms in total. The van der Waals surface area contributed by atoms with Gasteiger partial charge in [0.1, 0.15) is 5.75 Å². The Morgan fingerprint density at radius 2 is 2.19 bits per heavy atom. The van der Waals surface area contributed by atoms with Crippen LogP contribution in [0, 0.1) is 6.08 Å². The van der Waals surface area contributed by atoms with E-state index in [0.717, 1.165) is 30.4 Å². The summed E-state index contributed by atoms with van der Waals surface area (Å²) in [6.45, 7) is 7.16. The fourth-order valence-corrected chi connectivity index (χ4v) is 1.51. The SMILES string of the molecule is C=[C]c1cc(CCCC)cc(OC(C)=O)c1. The lowest BCUT2D eigenvalue weighted by Gasteiger charge is -2.06. The molecule has 0 heterocycles. The highest BCUT2D eigenvalue weighted by Crippen LogP contribution is 2.19. The molecule has 0 fully saturated rings. The van der Waals surface area contributed by atoms with Crippen LogP contribution in [0.25, 0.3) is 0 Å². The minimum absolute atomic E-state index is 0.303. The molecule has 0 N–H and O–H groups in total. The van der Waals surface area contributed by atoms with Crippen LogP contribution in [0.3, 0.4) is 0 Å². The van der Waals surface area contributed by atoms with Crippen LogP contribution in [0.4, 0.5) is 0 Å². The van der Waals surface area contributed by atoms with Gasteiger partial charge in [-0.2, -0.15) is 0 Å². The van der Waals surface area contributed by atoms with Crippen LogP contribution < -0.4 is 4.74 Å². The summed E-state index contributed by atoms with van der Waals surface area (Å²) in [5.74, 6) is 0.273. The Morgan fingerprint density at radius 1 is 1.44 bits per heavy atom. The summed E-state index contributed by atoms with van der Waals surface area (Å²) in [4.78, 5) is 10.9. The van der Waals surface area contributed by atoms with E-state index in [2.05, 4.69) is 19.6 Å². The van der Waals surface area contributed by atoms with Gasteiger partial charge in [0.2, 0.25) is 0 Å². The van der Waals surface area contributed by atoms with E-state index < -0.39 is 0 Å². The first-order valence-corrected chi connectivity index (χ1v) is 5.51. The third kappa shape index (κ3) is 3.89. The van der Waals surface area contributed by atoms with Crippen molar-refractivity contribution in [2.24, 2.45) is 0 Å². The van der Waals surface area contributed by atoms with Gasteiger partial charge in [0.05, 0.1) is 0 Å². The first kappa shape index (κ1) is 12.5. The highest BCUT2D eigenvalue weighted by Gasteiger charge is 2.02. The minimum Gasteiger partial charge on any atom is -0.427 e. The number of esters is 1. The van der Waals surface area contributed by atoms with E-state index in [1.165, 1.54) is 6.92 Å². The molecule has 0 aliphatic rings. The fraction of sp³-hybridized carbons (Fsp3) is 0.357. The van der Waals surface area contributed by atoms with E-state index in [1.54, 1.807) is 6.07 Å². The molecule has 1 aromatic carbocycles. The average molecular weight is 217 g/mol. The topological polar surface area (TPSA) is 26.3 Å². The van der Waals surface area contributed by atoms with Crippen molar-refractivity contribution in [1.29, 1.82) is 0 Å². The van der Waals surface area contributed by atoms with Crippen molar-refractivity contribution in [3.63, 3.8) is 0 Å². The number of hydrogen-bond donors (Lipinski definition) is 0. The molecule has 1 radical (unpaired) electrons. The number of carbonyl (C=O) groups excluding carboxylic acids is 1. The van der Waals surface area contributed by atoms with E-state index in [4.69, 9.17) is 4.74 Å². The molecule has 85 valence electrons. The molecule has 0 atom stereocenters. The maximum atomic E-state index is 10.9. The zero-order valence-corrected chi connectivity index (χ0v) is 9.88. The average Bonchev–Trinajstić information content (AvgIpc) is 2.25. The van der Waals surface area contributed by atoms with E-state index in [1.807, 2.05) is 12.1 Å². The molecule has 0 saturated heterocycles. The lowest BCUT2D eigenvalue weighted by atomic mass is 10.0. The van der Waals surface area contributed by atoms with E-state index in [0.29, 0.717) is 5.75 Å². The van der Waals surface area contributed by atoms with Crippen molar-refractivity contribution in [2.75, 3.05) is 0 Å². The Bertz CT molecular complexity index is 380. The number of benzene rings is 1. The van der Waals surface area contributed by atoms with Gasteiger partial charge >= 0.3 is 5.97 Å². The maximum absolute atomic E-state index is 10.9. The molecular formula is C14H17O2. The molecule has 2 heteroatoms. The predicted octanol–water partition coefficient (Wildman–Crippen LogP) is 3.29. The molecule has 0 aliphatic carbocycles. The Hall–Kier alpha value is -1.57. The quantitative estimate of drug-likeness (QED) is 0.559. The molecule has 1 rings (SSSR count). The molecule has 0 aromatic heterocycles. The van der Waals surface area contributed by atoms with Gasteiger partial charge in [0.25, 0.3) is 0 Å². The summed E-state index contributed by atoms with van der Waals surface area (Å²) in [6.07, 6.45) is 6.07. The summed E-state index contributed by atoms with van der Waals surface area (Å²) in [5, 5.41) is 0. The lowest BCUT2D eigenvalue weighted by molar-refractivity contribution is -0.131. The van der Waals surface area contributed by atoms with Crippen molar-refractivity contribution in [3.8, 4) is 5.75 Å². The van der Waals surface area contributed by atoms with Gasteiger partial charge in [0.15, 0.2) is 0 Å². The van der Waals surface area contributed by atoms with Gasteiger partial charge in [-0.25, -0.2) is 0 Å². The summed E-state index contributed by atoms with van der Waals surface area (Å²) < 4.78 is 5.07. The summed E-state index contributed by atoms with van der Waals surface area (Å²) in [7, 11) is 0. The second kappa shape index (κ2) is 6.11.